The van der Waals surface area contributed by atoms with Gasteiger partial charge < -0.3 is 14.2 Å². The molecular weight excluding hydrogens is 1350 g/mol. The van der Waals surface area contributed by atoms with Crippen LogP contribution in [0.3, 0.4) is 0 Å². The van der Waals surface area contributed by atoms with E-state index < -0.39 is 0 Å². The summed E-state index contributed by atoms with van der Waals surface area (Å²) in [5.41, 5.74) is 13.6. The SMILES string of the molecule is COc1ccc(C(=O)/C=C/Cl)cc1.COc1ccc(C(=O)/C=C/Cl)cc1OC.Cc1ccc(C(=O)/C=C/Cl)cc1.O=C(/C=C/Cl)c1ccc(Br)cc1.O=C(/C=C/Cl)c1ccc(Cl)cc1.O=C(/C=C/Cl)c1ccc(F)cc1.O=C(/C=C/Cl)c1ccccc1. The Balaban J connectivity index is 0.000000508. The number of hydrogen-bond donors (Lipinski definition) is 0. The van der Waals surface area contributed by atoms with Gasteiger partial charge >= 0.3 is 0 Å². The highest BCUT2D eigenvalue weighted by atomic mass is 79.9. The van der Waals surface area contributed by atoms with Gasteiger partial charge in [0.1, 0.15) is 11.6 Å². The number of carbonyl (C=O) groups is 7. The van der Waals surface area contributed by atoms with Crippen LogP contribution in [0.1, 0.15) is 78.1 Å². The first-order valence-corrected chi connectivity index (χ1v) is 28.9. The molecule has 7 rings (SSSR count). The van der Waals surface area contributed by atoms with Crippen LogP contribution in [0.25, 0.3) is 0 Å². The summed E-state index contributed by atoms with van der Waals surface area (Å²) in [6.45, 7) is 1.98. The first-order chi connectivity index (χ1) is 41.8. The second kappa shape index (κ2) is 46.7. The van der Waals surface area contributed by atoms with Crippen LogP contribution >= 0.6 is 109 Å². The molecule has 0 aromatic heterocycles. The van der Waals surface area contributed by atoms with Gasteiger partial charge in [0.05, 0.1) is 21.3 Å². The molecule has 0 saturated heterocycles. The highest BCUT2D eigenvalue weighted by Gasteiger charge is 2.09. The second-order valence-electron chi connectivity index (χ2n) is 16.1. The number of aryl methyl sites for hydroxylation is 1. The Hall–Kier alpha value is -7.46. The first kappa shape index (κ1) is 77.6. The van der Waals surface area contributed by atoms with Gasteiger partial charge in [-0.3, -0.25) is 33.6 Å². The second-order valence-corrected chi connectivity index (χ2v) is 19.3. The number of allylic oxidation sites excluding steroid dienone is 7. The summed E-state index contributed by atoms with van der Waals surface area (Å²) in [6, 6.07) is 47.2. The van der Waals surface area contributed by atoms with E-state index in [1.54, 1.807) is 110 Å². The predicted octanol–water partition coefficient (Wildman–Crippen LogP) is 20.2. The molecule has 7 aromatic carbocycles. The monoisotopic (exact) mass is 1400 g/mol. The van der Waals surface area contributed by atoms with E-state index in [4.69, 9.17) is 107 Å². The van der Waals surface area contributed by atoms with Gasteiger partial charge in [-0.1, -0.05) is 169 Å². The molecule has 452 valence electrons. The Kier molecular flexibility index (Phi) is 41.6. The van der Waals surface area contributed by atoms with Gasteiger partial charge in [0.2, 0.25) is 0 Å². The average molecular weight is 1400 g/mol. The topological polar surface area (TPSA) is 147 Å². The van der Waals surface area contributed by atoms with Crippen LogP contribution in [0.2, 0.25) is 5.02 Å². The Morgan fingerprint density at radius 3 is 0.977 bits per heavy atom. The third kappa shape index (κ3) is 32.7. The number of ether oxygens (including phenoxy) is 3. The number of halogens is 10. The van der Waals surface area contributed by atoms with E-state index in [0.717, 1.165) is 21.3 Å². The molecule has 0 aliphatic rings. The third-order valence-corrected chi connectivity index (χ3v) is 12.0. The Bertz CT molecular complexity index is 3220. The summed E-state index contributed by atoms with van der Waals surface area (Å²) in [4.78, 5) is 78.3. The van der Waals surface area contributed by atoms with Crippen molar-refractivity contribution in [1.29, 1.82) is 0 Å². The van der Waals surface area contributed by atoms with Crippen molar-refractivity contribution >= 4 is 149 Å². The lowest BCUT2D eigenvalue weighted by atomic mass is 10.1. The highest BCUT2D eigenvalue weighted by Crippen LogP contribution is 2.28. The fourth-order valence-corrected chi connectivity index (χ4v) is 7.17. The fourth-order valence-electron chi connectivity index (χ4n) is 5.98. The van der Waals surface area contributed by atoms with Gasteiger partial charge in [0.25, 0.3) is 0 Å². The minimum Gasteiger partial charge on any atom is -0.497 e. The molecule has 0 fully saturated rings. The molecule has 0 radical (unpaired) electrons. The van der Waals surface area contributed by atoms with Crippen LogP contribution in [0.15, 0.2) is 256 Å². The van der Waals surface area contributed by atoms with E-state index in [9.17, 15) is 38.0 Å². The Morgan fingerprint density at radius 1 is 0.356 bits per heavy atom. The molecule has 0 aliphatic carbocycles. The number of ketones is 7. The third-order valence-electron chi connectivity index (χ3n) is 10.3. The molecular formula is C67H54BrCl8FO10. The zero-order valence-electron chi connectivity index (χ0n) is 46.6. The summed E-state index contributed by atoms with van der Waals surface area (Å²) >= 11 is 45.8. The van der Waals surface area contributed by atoms with Crippen molar-refractivity contribution < 1.29 is 52.2 Å². The molecule has 0 amide bonds. The quantitative estimate of drug-likeness (QED) is 0.0637. The van der Waals surface area contributed by atoms with Crippen molar-refractivity contribution in [2.24, 2.45) is 0 Å². The van der Waals surface area contributed by atoms with E-state index in [1.165, 1.54) is 114 Å². The number of hydrogen-bond acceptors (Lipinski definition) is 10. The van der Waals surface area contributed by atoms with Gasteiger partial charge in [0.15, 0.2) is 52.0 Å². The molecule has 0 N–H and O–H groups in total. The molecule has 0 atom stereocenters. The number of rotatable bonds is 17. The van der Waals surface area contributed by atoms with Gasteiger partial charge in [0, 0.05) is 87.2 Å². The van der Waals surface area contributed by atoms with E-state index >= 15 is 0 Å². The maximum atomic E-state index is 12.4. The van der Waals surface area contributed by atoms with Crippen molar-refractivity contribution in [3.63, 3.8) is 0 Å². The average Bonchev–Trinajstić information content (AvgIpc) is 3.72. The molecule has 0 saturated carbocycles. The molecule has 7 aromatic rings. The van der Waals surface area contributed by atoms with Crippen LogP contribution in [-0.4, -0.2) is 61.8 Å². The minimum absolute atomic E-state index is 0.0648. The summed E-state index contributed by atoms with van der Waals surface area (Å²) in [5.74, 6) is 0.612. The van der Waals surface area contributed by atoms with Crippen LogP contribution in [0.4, 0.5) is 4.39 Å². The fraction of sp³-hybridized carbons (Fsp3) is 0.0597. The molecule has 87 heavy (non-hydrogen) atoms. The number of benzene rings is 7. The van der Waals surface area contributed by atoms with Gasteiger partial charge in [-0.15, -0.1) is 0 Å². The molecule has 0 aliphatic heterocycles. The number of carbonyl (C=O) groups excluding carboxylic acids is 7. The van der Waals surface area contributed by atoms with Gasteiger partial charge in [-0.25, -0.2) is 4.39 Å². The van der Waals surface area contributed by atoms with E-state index in [-0.39, 0.29) is 46.3 Å². The van der Waals surface area contributed by atoms with Crippen molar-refractivity contribution in [2.75, 3.05) is 21.3 Å². The zero-order chi connectivity index (χ0) is 64.9. The van der Waals surface area contributed by atoms with E-state index in [2.05, 4.69) is 15.9 Å². The van der Waals surface area contributed by atoms with Gasteiger partial charge in [-0.2, -0.15) is 0 Å². The van der Waals surface area contributed by atoms with Crippen LogP contribution < -0.4 is 14.2 Å². The summed E-state index contributed by atoms with van der Waals surface area (Å²) in [6.07, 6.45) is 9.10. The summed E-state index contributed by atoms with van der Waals surface area (Å²) in [7, 11) is 4.64. The molecule has 0 bridgehead atoms. The van der Waals surface area contributed by atoms with Crippen LogP contribution in [-0.2, 0) is 0 Å². The highest BCUT2D eigenvalue weighted by molar-refractivity contribution is 9.10. The van der Waals surface area contributed by atoms with Crippen molar-refractivity contribution in [3.8, 4) is 17.2 Å². The van der Waals surface area contributed by atoms with Crippen molar-refractivity contribution in [2.45, 2.75) is 6.92 Å². The normalized spacial score (nSPS) is 10.4. The lowest BCUT2D eigenvalue weighted by Gasteiger charge is -2.07. The van der Waals surface area contributed by atoms with Crippen molar-refractivity contribution in [3.05, 3.63) is 311 Å². The zero-order valence-corrected chi connectivity index (χ0v) is 54.2. The minimum atomic E-state index is -0.360. The van der Waals surface area contributed by atoms with Crippen LogP contribution in [0, 0.1) is 12.7 Å². The van der Waals surface area contributed by atoms with E-state index in [0.29, 0.717) is 55.5 Å². The smallest absolute Gasteiger partial charge is 0.186 e. The van der Waals surface area contributed by atoms with Gasteiger partial charge in [-0.05, 0) is 165 Å². The van der Waals surface area contributed by atoms with Crippen molar-refractivity contribution in [1.82, 2.24) is 0 Å². The standard InChI is InChI=1S/C11H11ClO3.C10H9ClO2.C10H9ClO.C9H6BrClO.C9H6Cl2O.C9H6ClFO.C9H7ClO/c1-14-10-4-3-8(7-11(10)15-2)9(13)5-6-12;1-13-9-4-2-8(3-5-9)10(12)6-7-11;1-8-2-4-9(5-3-8)10(12)6-7-11;10-8-3-1-7(2-4-8)9(12)5-6-11;2*10-6-5-9(12)7-1-3-8(11)4-2-7;10-7-6-9(11)8-4-2-1-3-5-8/h3-7H,1-2H3;2-7H,1H3;2-7H,1H3;3*1-6H;1-7H/b6-5+;2*7-6+;3*6-5+;7-6+. The molecule has 0 heterocycles. The summed E-state index contributed by atoms with van der Waals surface area (Å²) < 4.78 is 28.4. The van der Waals surface area contributed by atoms with E-state index in [1.807, 2.05) is 49.4 Å². The lowest BCUT2D eigenvalue weighted by Crippen LogP contribution is -1.97. The Morgan fingerprint density at radius 2 is 0.644 bits per heavy atom. The first-order valence-electron chi connectivity index (χ1n) is 24.7. The molecule has 20 heteroatoms. The predicted molar refractivity (Wildman–Crippen MR) is 357 cm³/mol. The largest absolute Gasteiger partial charge is 0.497 e. The molecule has 0 spiro atoms. The Labute approximate surface area is 553 Å². The molecule has 10 nitrogen and oxygen atoms in total. The lowest BCUT2D eigenvalue weighted by molar-refractivity contribution is 0.103. The van der Waals surface area contributed by atoms with Crippen LogP contribution in [0.5, 0.6) is 17.2 Å². The summed E-state index contributed by atoms with van der Waals surface area (Å²) in [5, 5.41) is 0.612. The molecule has 0 unspecified atom stereocenters. The number of methoxy groups -OCH3 is 3. The maximum absolute atomic E-state index is 12.4. The maximum Gasteiger partial charge on any atom is 0.186 e.